The second-order valence-corrected chi connectivity index (χ2v) is 4.27. The van der Waals surface area contributed by atoms with Gasteiger partial charge in [0.05, 0.1) is 23.0 Å². The number of benzene rings is 1. The quantitative estimate of drug-likeness (QED) is 0.814. The van der Waals surface area contributed by atoms with E-state index in [4.69, 9.17) is 17.3 Å². The molecule has 2 aromatic rings. The van der Waals surface area contributed by atoms with Crippen LogP contribution < -0.4 is 5.73 Å². The van der Waals surface area contributed by atoms with Crippen LogP contribution >= 0.6 is 11.6 Å². The first-order valence-corrected chi connectivity index (χ1v) is 5.49. The first-order chi connectivity index (χ1) is 7.58. The van der Waals surface area contributed by atoms with Gasteiger partial charge < -0.3 is 5.73 Å². The van der Waals surface area contributed by atoms with Crippen molar-refractivity contribution < 1.29 is 0 Å². The van der Waals surface area contributed by atoms with Crippen molar-refractivity contribution in [1.29, 1.82) is 0 Å². The largest absolute Gasteiger partial charge is 0.399 e. The third-order valence-electron chi connectivity index (χ3n) is 2.58. The minimum absolute atomic E-state index is 0.699. The SMILES string of the molecule is Cc1nn(Cc2cccc(N)c2)c(C)c1Cl. The monoisotopic (exact) mass is 235 g/mol. The van der Waals surface area contributed by atoms with E-state index in [2.05, 4.69) is 5.10 Å². The van der Waals surface area contributed by atoms with E-state index in [1.165, 1.54) is 0 Å². The molecule has 1 heterocycles. The van der Waals surface area contributed by atoms with Crippen LogP contribution in [0.25, 0.3) is 0 Å². The van der Waals surface area contributed by atoms with Crippen molar-refractivity contribution in [3.8, 4) is 0 Å². The Morgan fingerprint density at radius 1 is 1.38 bits per heavy atom. The van der Waals surface area contributed by atoms with Gasteiger partial charge in [-0.1, -0.05) is 23.7 Å². The average molecular weight is 236 g/mol. The van der Waals surface area contributed by atoms with E-state index >= 15 is 0 Å². The lowest BCUT2D eigenvalue weighted by molar-refractivity contribution is 0.659. The number of aryl methyl sites for hydroxylation is 1. The summed E-state index contributed by atoms with van der Waals surface area (Å²) < 4.78 is 1.90. The van der Waals surface area contributed by atoms with Crippen LogP contribution in [0.3, 0.4) is 0 Å². The van der Waals surface area contributed by atoms with Gasteiger partial charge >= 0.3 is 0 Å². The molecule has 0 aliphatic carbocycles. The summed E-state index contributed by atoms with van der Waals surface area (Å²) in [5.41, 5.74) is 9.48. The van der Waals surface area contributed by atoms with Gasteiger partial charge in [-0.25, -0.2) is 0 Å². The normalized spacial score (nSPS) is 10.7. The summed E-state index contributed by atoms with van der Waals surface area (Å²) in [4.78, 5) is 0. The zero-order valence-electron chi connectivity index (χ0n) is 9.37. The highest BCUT2D eigenvalue weighted by atomic mass is 35.5. The molecule has 0 unspecified atom stereocenters. The zero-order valence-corrected chi connectivity index (χ0v) is 10.1. The number of nitrogen functional groups attached to an aromatic ring is 1. The molecule has 0 amide bonds. The van der Waals surface area contributed by atoms with Crippen LogP contribution in [0.5, 0.6) is 0 Å². The van der Waals surface area contributed by atoms with Gasteiger partial charge in [-0.2, -0.15) is 5.10 Å². The minimum Gasteiger partial charge on any atom is -0.399 e. The lowest BCUT2D eigenvalue weighted by Crippen LogP contribution is -2.04. The summed E-state index contributed by atoms with van der Waals surface area (Å²) in [6, 6.07) is 7.79. The van der Waals surface area contributed by atoms with Crippen LogP contribution in [0.1, 0.15) is 17.0 Å². The molecule has 2 rings (SSSR count). The minimum atomic E-state index is 0.699. The molecule has 0 aliphatic rings. The van der Waals surface area contributed by atoms with Crippen LogP contribution in [-0.2, 0) is 6.54 Å². The van der Waals surface area contributed by atoms with Crippen molar-refractivity contribution >= 4 is 17.3 Å². The molecule has 3 nitrogen and oxygen atoms in total. The van der Waals surface area contributed by atoms with Crippen LogP contribution in [-0.4, -0.2) is 9.78 Å². The molecule has 0 radical (unpaired) electrons. The fourth-order valence-electron chi connectivity index (χ4n) is 1.69. The summed E-state index contributed by atoms with van der Waals surface area (Å²) in [6.45, 7) is 4.57. The number of halogens is 1. The van der Waals surface area contributed by atoms with Crippen molar-refractivity contribution in [2.24, 2.45) is 0 Å². The van der Waals surface area contributed by atoms with E-state index in [0.717, 1.165) is 27.7 Å². The van der Waals surface area contributed by atoms with Gasteiger partial charge in [0.1, 0.15) is 0 Å². The van der Waals surface area contributed by atoms with Gasteiger partial charge in [-0.15, -0.1) is 0 Å². The number of nitrogens with zero attached hydrogens (tertiary/aromatic N) is 2. The highest BCUT2D eigenvalue weighted by Gasteiger charge is 2.09. The van der Waals surface area contributed by atoms with E-state index in [-0.39, 0.29) is 0 Å². The number of nitrogens with two attached hydrogens (primary N) is 1. The van der Waals surface area contributed by atoms with Crippen LogP contribution in [0.15, 0.2) is 24.3 Å². The number of hydrogen-bond acceptors (Lipinski definition) is 2. The number of aromatic nitrogens is 2. The summed E-state index contributed by atoms with van der Waals surface area (Å²) in [5, 5.41) is 5.12. The Labute approximate surface area is 99.8 Å². The van der Waals surface area contributed by atoms with E-state index in [0.29, 0.717) is 6.54 Å². The molecule has 0 aliphatic heterocycles. The van der Waals surface area contributed by atoms with Crippen molar-refractivity contribution in [1.82, 2.24) is 9.78 Å². The molecular formula is C12H14ClN3. The van der Waals surface area contributed by atoms with Gasteiger partial charge in [-0.05, 0) is 31.5 Å². The van der Waals surface area contributed by atoms with Gasteiger partial charge in [-0.3, -0.25) is 4.68 Å². The van der Waals surface area contributed by atoms with Crippen LogP contribution in [0.2, 0.25) is 5.02 Å². The number of anilines is 1. The molecule has 0 saturated heterocycles. The fourth-order valence-corrected chi connectivity index (χ4v) is 1.83. The Balaban J connectivity index is 2.30. The predicted molar refractivity (Wildman–Crippen MR) is 66.7 cm³/mol. The Hall–Kier alpha value is -1.48. The molecule has 16 heavy (non-hydrogen) atoms. The van der Waals surface area contributed by atoms with Gasteiger partial charge in [0.15, 0.2) is 0 Å². The summed E-state index contributed by atoms with van der Waals surface area (Å²) >= 11 is 6.09. The van der Waals surface area contributed by atoms with Crippen molar-refractivity contribution in [2.75, 3.05) is 5.73 Å². The Morgan fingerprint density at radius 3 is 2.69 bits per heavy atom. The third-order valence-corrected chi connectivity index (χ3v) is 3.12. The van der Waals surface area contributed by atoms with E-state index in [1.807, 2.05) is 42.8 Å². The molecule has 0 saturated carbocycles. The Kier molecular flexibility index (Phi) is 2.88. The molecule has 0 fully saturated rings. The summed E-state index contributed by atoms with van der Waals surface area (Å²) in [6.07, 6.45) is 0. The van der Waals surface area contributed by atoms with Crippen LogP contribution in [0.4, 0.5) is 5.69 Å². The first-order valence-electron chi connectivity index (χ1n) is 5.12. The Morgan fingerprint density at radius 2 is 2.12 bits per heavy atom. The van der Waals surface area contributed by atoms with E-state index in [1.54, 1.807) is 0 Å². The summed E-state index contributed by atoms with van der Waals surface area (Å²) in [5.74, 6) is 0. The lowest BCUT2D eigenvalue weighted by atomic mass is 10.2. The number of hydrogen-bond donors (Lipinski definition) is 1. The van der Waals surface area contributed by atoms with Crippen molar-refractivity contribution in [3.05, 3.63) is 46.2 Å². The fraction of sp³-hybridized carbons (Fsp3) is 0.250. The molecular weight excluding hydrogens is 222 g/mol. The maximum absolute atomic E-state index is 6.09. The molecule has 0 atom stereocenters. The maximum Gasteiger partial charge on any atom is 0.0844 e. The molecule has 0 spiro atoms. The molecule has 2 N–H and O–H groups in total. The average Bonchev–Trinajstić information content (AvgIpc) is 2.47. The number of rotatable bonds is 2. The molecule has 1 aromatic carbocycles. The first kappa shape index (κ1) is 11.0. The topological polar surface area (TPSA) is 43.8 Å². The molecule has 0 bridgehead atoms. The molecule has 1 aromatic heterocycles. The predicted octanol–water partition coefficient (Wildman–Crippen LogP) is 2.78. The Bertz CT molecular complexity index is 517. The third kappa shape index (κ3) is 2.04. The van der Waals surface area contributed by atoms with Crippen LogP contribution in [0, 0.1) is 13.8 Å². The standard InChI is InChI=1S/C12H14ClN3/c1-8-12(13)9(2)16(15-8)7-10-4-3-5-11(14)6-10/h3-6H,7,14H2,1-2H3. The highest BCUT2D eigenvalue weighted by Crippen LogP contribution is 2.20. The second-order valence-electron chi connectivity index (χ2n) is 3.89. The van der Waals surface area contributed by atoms with Crippen molar-refractivity contribution in [2.45, 2.75) is 20.4 Å². The highest BCUT2D eigenvalue weighted by molar-refractivity contribution is 6.31. The van der Waals surface area contributed by atoms with Gasteiger partial charge in [0.2, 0.25) is 0 Å². The second kappa shape index (κ2) is 4.18. The van der Waals surface area contributed by atoms with Gasteiger partial charge in [0.25, 0.3) is 0 Å². The van der Waals surface area contributed by atoms with Crippen molar-refractivity contribution in [3.63, 3.8) is 0 Å². The maximum atomic E-state index is 6.09. The summed E-state index contributed by atoms with van der Waals surface area (Å²) in [7, 11) is 0. The lowest BCUT2D eigenvalue weighted by Gasteiger charge is -2.05. The molecule has 4 heteroatoms. The van der Waals surface area contributed by atoms with Gasteiger partial charge in [0, 0.05) is 5.69 Å². The van der Waals surface area contributed by atoms with E-state index < -0.39 is 0 Å². The zero-order chi connectivity index (χ0) is 11.7. The smallest absolute Gasteiger partial charge is 0.0844 e. The van der Waals surface area contributed by atoms with E-state index in [9.17, 15) is 0 Å². The molecule has 84 valence electrons.